The van der Waals surface area contributed by atoms with Crippen molar-refractivity contribution >= 4 is 6.91 Å². The van der Waals surface area contributed by atoms with E-state index in [1.807, 2.05) is 0 Å². The molecule has 0 saturated heterocycles. The zero-order chi connectivity index (χ0) is 5.98. The van der Waals surface area contributed by atoms with E-state index in [1.54, 1.807) is 0 Å². The van der Waals surface area contributed by atoms with Crippen LogP contribution in [0.2, 0.25) is 0 Å². The molecular formula is C7H9B. The first kappa shape index (κ1) is 5.55. The van der Waals surface area contributed by atoms with Gasteiger partial charge in [0.2, 0.25) is 0 Å². The summed E-state index contributed by atoms with van der Waals surface area (Å²) in [5.41, 5.74) is 2.74. The first-order valence-electron chi connectivity index (χ1n) is 2.83. The summed E-state index contributed by atoms with van der Waals surface area (Å²) in [6.45, 7) is 6.36. The molecule has 0 unspecified atom stereocenters. The van der Waals surface area contributed by atoms with Gasteiger partial charge >= 0.3 is 49.9 Å². The minimum atomic E-state index is 1.37. The van der Waals surface area contributed by atoms with E-state index in [0.717, 1.165) is 0 Å². The molecule has 0 aliphatic heterocycles. The molecule has 0 aliphatic carbocycles. The van der Waals surface area contributed by atoms with E-state index < -0.39 is 0 Å². The van der Waals surface area contributed by atoms with Crippen molar-refractivity contribution in [2.75, 3.05) is 0 Å². The van der Waals surface area contributed by atoms with Gasteiger partial charge < -0.3 is 0 Å². The van der Waals surface area contributed by atoms with E-state index in [2.05, 4.69) is 38.9 Å². The van der Waals surface area contributed by atoms with E-state index in [9.17, 15) is 0 Å². The fraction of sp³-hybridized carbons (Fsp3) is 0.286. The molecule has 0 amide bonds. The van der Waals surface area contributed by atoms with Gasteiger partial charge in [-0.3, -0.25) is 0 Å². The number of aryl methyl sites for hydroxylation is 2. The van der Waals surface area contributed by atoms with Gasteiger partial charge in [0, 0.05) is 0 Å². The van der Waals surface area contributed by atoms with Gasteiger partial charge in [-0.15, -0.1) is 0 Å². The van der Waals surface area contributed by atoms with Crippen molar-refractivity contribution in [1.29, 1.82) is 0 Å². The SMILES string of the molecule is Cc1bcccc1C. The third-order valence-electron chi connectivity index (χ3n) is 1.43. The van der Waals surface area contributed by atoms with Gasteiger partial charge in [-0.25, -0.2) is 0 Å². The predicted octanol–water partition coefficient (Wildman–Crippen LogP) is 1.64. The van der Waals surface area contributed by atoms with E-state index in [1.165, 1.54) is 11.0 Å². The van der Waals surface area contributed by atoms with Gasteiger partial charge in [-0.2, -0.15) is 0 Å². The van der Waals surface area contributed by atoms with Crippen LogP contribution in [0, 0.1) is 13.8 Å². The van der Waals surface area contributed by atoms with Crippen LogP contribution < -0.4 is 0 Å². The molecule has 1 heterocycles. The number of rotatable bonds is 0. The van der Waals surface area contributed by atoms with Crippen LogP contribution in [0.4, 0.5) is 0 Å². The van der Waals surface area contributed by atoms with Gasteiger partial charge in [0.1, 0.15) is 0 Å². The second kappa shape index (κ2) is 2.12. The Morgan fingerprint density at radius 3 is 2.50 bits per heavy atom. The maximum absolute atomic E-state index is 2.12. The van der Waals surface area contributed by atoms with Crippen molar-refractivity contribution < 1.29 is 0 Å². The van der Waals surface area contributed by atoms with Crippen LogP contribution in [0.15, 0.2) is 18.1 Å². The molecule has 0 fully saturated rings. The average Bonchev–Trinajstić information content (AvgIpc) is 1.77. The van der Waals surface area contributed by atoms with Crippen LogP contribution in [-0.4, -0.2) is 6.91 Å². The van der Waals surface area contributed by atoms with Gasteiger partial charge in [0.05, 0.1) is 0 Å². The Morgan fingerprint density at radius 2 is 2.12 bits per heavy atom. The molecule has 1 heteroatoms. The van der Waals surface area contributed by atoms with Gasteiger partial charge in [0.25, 0.3) is 0 Å². The summed E-state index contributed by atoms with van der Waals surface area (Å²) in [5.74, 6) is 2.06. The molecule has 1 aromatic rings. The van der Waals surface area contributed by atoms with Gasteiger partial charge in [-0.1, -0.05) is 0 Å². The van der Waals surface area contributed by atoms with Crippen molar-refractivity contribution in [3.63, 3.8) is 0 Å². The molecule has 0 aromatic carbocycles. The summed E-state index contributed by atoms with van der Waals surface area (Å²) in [6, 6.07) is 4.18. The first-order valence-corrected chi connectivity index (χ1v) is 2.83. The first-order chi connectivity index (χ1) is 3.80. The molecular weight excluding hydrogens is 94.9 g/mol. The molecule has 0 spiro atoms. The van der Waals surface area contributed by atoms with Crippen molar-refractivity contribution in [2.24, 2.45) is 0 Å². The zero-order valence-corrected chi connectivity index (χ0v) is 5.31. The third-order valence-corrected chi connectivity index (χ3v) is 1.43. The molecule has 0 aliphatic rings. The summed E-state index contributed by atoms with van der Waals surface area (Å²) in [6.07, 6.45) is 0. The topological polar surface area (TPSA) is 0 Å². The molecule has 0 saturated carbocycles. The van der Waals surface area contributed by atoms with E-state index in [0.29, 0.717) is 0 Å². The molecule has 0 N–H and O–H groups in total. The minimum absolute atomic E-state index is 1.37. The van der Waals surface area contributed by atoms with Crippen molar-refractivity contribution in [1.82, 2.24) is 0 Å². The fourth-order valence-corrected chi connectivity index (χ4v) is 0.663. The van der Waals surface area contributed by atoms with Crippen LogP contribution in [-0.2, 0) is 0 Å². The van der Waals surface area contributed by atoms with Crippen molar-refractivity contribution in [2.45, 2.75) is 13.8 Å². The van der Waals surface area contributed by atoms with E-state index in [4.69, 9.17) is 0 Å². The van der Waals surface area contributed by atoms with Crippen LogP contribution in [0.1, 0.15) is 11.0 Å². The summed E-state index contributed by atoms with van der Waals surface area (Å²) < 4.78 is 0. The quantitative estimate of drug-likeness (QED) is 0.469. The van der Waals surface area contributed by atoms with E-state index in [-0.39, 0.29) is 0 Å². The summed E-state index contributed by atoms with van der Waals surface area (Å²) >= 11 is 0. The molecule has 1 aromatic heterocycles. The summed E-state index contributed by atoms with van der Waals surface area (Å²) in [5, 5.41) is 0. The second-order valence-corrected chi connectivity index (χ2v) is 2.08. The number of hydrogen-bond donors (Lipinski definition) is 0. The van der Waals surface area contributed by atoms with E-state index >= 15 is 0 Å². The second-order valence-electron chi connectivity index (χ2n) is 2.08. The van der Waals surface area contributed by atoms with Crippen LogP contribution >= 0.6 is 0 Å². The summed E-state index contributed by atoms with van der Waals surface area (Å²) in [4.78, 5) is 0. The Bertz CT molecular complexity index is 160. The van der Waals surface area contributed by atoms with Crippen LogP contribution in [0.25, 0.3) is 0 Å². The Kier molecular flexibility index (Phi) is 1.47. The molecule has 0 nitrogen and oxygen atoms in total. The molecule has 1 rings (SSSR count). The Labute approximate surface area is 50.8 Å². The third kappa shape index (κ3) is 0.973. The average molecular weight is 104 g/mol. The Balaban J connectivity index is 3.13. The molecule has 0 radical (unpaired) electrons. The molecule has 0 bridgehead atoms. The molecule has 0 atom stereocenters. The predicted molar refractivity (Wildman–Crippen MR) is 37.3 cm³/mol. The van der Waals surface area contributed by atoms with Gasteiger partial charge in [-0.05, 0) is 0 Å². The van der Waals surface area contributed by atoms with Gasteiger partial charge in [0.15, 0.2) is 0 Å². The monoisotopic (exact) mass is 104 g/mol. The number of hydrogen-bond acceptors (Lipinski definition) is 0. The molecule has 8 heavy (non-hydrogen) atoms. The fourth-order valence-electron chi connectivity index (χ4n) is 0.663. The molecule has 40 valence electrons. The Morgan fingerprint density at radius 1 is 1.38 bits per heavy atom. The normalized spacial score (nSPS) is 8.75. The Hall–Kier alpha value is -0.585. The summed E-state index contributed by atoms with van der Waals surface area (Å²) in [7, 11) is 0. The van der Waals surface area contributed by atoms with Crippen LogP contribution in [0.5, 0.6) is 0 Å². The maximum atomic E-state index is 2.12. The standard InChI is InChI=1S/C7H9B/c1-6-4-3-5-8-7(6)2/h3-5H,1-2H3. The zero-order valence-electron chi connectivity index (χ0n) is 5.31. The van der Waals surface area contributed by atoms with Crippen molar-refractivity contribution in [3.8, 4) is 0 Å². The van der Waals surface area contributed by atoms with Crippen molar-refractivity contribution in [3.05, 3.63) is 29.1 Å². The van der Waals surface area contributed by atoms with Crippen LogP contribution in [0.3, 0.4) is 0 Å².